The molecule has 0 aliphatic heterocycles. The molecule has 0 atom stereocenters. The van der Waals surface area contributed by atoms with Crippen molar-refractivity contribution in [2.75, 3.05) is 0 Å². The van der Waals surface area contributed by atoms with Crippen LogP contribution in [0.3, 0.4) is 0 Å². The van der Waals surface area contributed by atoms with Gasteiger partial charge in [0.25, 0.3) is 0 Å². The van der Waals surface area contributed by atoms with Crippen molar-refractivity contribution >= 4 is 5.84 Å². The first-order valence-electron chi connectivity index (χ1n) is 5.44. The summed E-state index contributed by atoms with van der Waals surface area (Å²) in [6.07, 6.45) is 4.58. The summed E-state index contributed by atoms with van der Waals surface area (Å²) in [5.74, 6) is 0.569. The quantitative estimate of drug-likeness (QED) is 0.289. The third-order valence-corrected chi connectivity index (χ3v) is 2.30. The molecule has 0 aromatic heterocycles. The van der Waals surface area contributed by atoms with E-state index in [1.165, 1.54) is 0 Å². The Morgan fingerprint density at radius 2 is 2.06 bits per heavy atom. The molecule has 0 unspecified atom stereocenters. The molecule has 90 valence electrons. The zero-order chi connectivity index (χ0) is 12.7. The van der Waals surface area contributed by atoms with Crippen LogP contribution >= 0.6 is 0 Å². The maximum Gasteiger partial charge on any atom is 0.149 e. The topological polar surface area (TPSA) is 56.1 Å². The number of amidine groups is 1. The summed E-state index contributed by atoms with van der Waals surface area (Å²) in [6.45, 7) is 12.1. The van der Waals surface area contributed by atoms with E-state index >= 15 is 0 Å². The first-order valence-corrected chi connectivity index (χ1v) is 5.44. The van der Waals surface area contributed by atoms with Crippen LogP contribution in [0.25, 0.3) is 0 Å². The lowest BCUT2D eigenvalue weighted by molar-refractivity contribution is 0.234. The van der Waals surface area contributed by atoms with Crippen LogP contribution in [0, 0.1) is 11.3 Å². The number of hydrogen-bond donors (Lipinski definition) is 3. The van der Waals surface area contributed by atoms with E-state index in [2.05, 4.69) is 20.4 Å². The molecule has 0 radical (unpaired) electrons. The van der Waals surface area contributed by atoms with Gasteiger partial charge in [-0.25, -0.2) is 0 Å². The van der Waals surface area contributed by atoms with Crippen LogP contribution in [-0.4, -0.2) is 11.0 Å². The summed E-state index contributed by atoms with van der Waals surface area (Å²) >= 11 is 0. The zero-order valence-electron chi connectivity index (χ0n) is 10.6. The maximum atomic E-state index is 8.67. The minimum absolute atomic E-state index is 0.000744. The fraction of sp³-hybridized carbons (Fsp3) is 0.462. The molecule has 0 saturated heterocycles. The number of rotatable bonds is 5. The van der Waals surface area contributed by atoms with Crippen LogP contribution in [-0.2, 0) is 0 Å². The van der Waals surface area contributed by atoms with Crippen molar-refractivity contribution in [3.8, 4) is 0 Å². The molecule has 3 N–H and O–H groups in total. The molecular weight excluding hydrogens is 200 g/mol. The Bertz CT molecular complexity index is 325. The Balaban J connectivity index is 4.75. The van der Waals surface area contributed by atoms with Gasteiger partial charge < -0.3 is 0 Å². The molecular formula is C13H22N2O. The van der Waals surface area contributed by atoms with Gasteiger partial charge in [-0.2, -0.15) is 0 Å². The second-order valence-corrected chi connectivity index (χ2v) is 4.26. The molecule has 3 nitrogen and oxygen atoms in total. The molecule has 16 heavy (non-hydrogen) atoms. The average molecular weight is 222 g/mol. The van der Waals surface area contributed by atoms with Gasteiger partial charge in [-0.1, -0.05) is 32.1 Å². The Morgan fingerprint density at radius 1 is 1.50 bits per heavy atom. The molecule has 0 aromatic carbocycles. The highest BCUT2D eigenvalue weighted by Crippen LogP contribution is 2.18. The van der Waals surface area contributed by atoms with Crippen LogP contribution in [0.2, 0.25) is 0 Å². The van der Waals surface area contributed by atoms with Gasteiger partial charge in [0, 0.05) is 5.57 Å². The number of hydroxylamine groups is 1. The molecule has 0 aromatic rings. The van der Waals surface area contributed by atoms with Crippen LogP contribution in [0.4, 0.5) is 0 Å². The van der Waals surface area contributed by atoms with Crippen molar-refractivity contribution in [3.63, 3.8) is 0 Å². The maximum absolute atomic E-state index is 8.67. The van der Waals surface area contributed by atoms with E-state index in [1.54, 1.807) is 6.08 Å². The van der Waals surface area contributed by atoms with E-state index in [1.807, 2.05) is 25.4 Å². The van der Waals surface area contributed by atoms with Gasteiger partial charge in [0.15, 0.2) is 0 Å². The Kier molecular flexibility index (Phi) is 6.42. The van der Waals surface area contributed by atoms with Crippen LogP contribution in [0.15, 0.2) is 35.5 Å². The van der Waals surface area contributed by atoms with Gasteiger partial charge in [-0.15, -0.1) is 0 Å². The molecule has 0 fully saturated rings. The number of nitrogens with one attached hydrogen (secondary N) is 2. The predicted octanol–water partition coefficient (Wildman–Crippen LogP) is 3.44. The van der Waals surface area contributed by atoms with Crippen LogP contribution < -0.4 is 5.48 Å². The summed E-state index contributed by atoms with van der Waals surface area (Å²) in [5.41, 5.74) is 4.61. The van der Waals surface area contributed by atoms with Crippen molar-refractivity contribution in [1.29, 1.82) is 5.41 Å². The van der Waals surface area contributed by atoms with Crippen LogP contribution in [0.1, 0.15) is 34.1 Å². The smallest absolute Gasteiger partial charge is 0.149 e. The number of allylic oxidation sites excluding steroid dienone is 3. The lowest BCUT2D eigenvalue weighted by Crippen LogP contribution is -2.19. The van der Waals surface area contributed by atoms with E-state index in [0.29, 0.717) is 11.5 Å². The van der Waals surface area contributed by atoms with Gasteiger partial charge in [0.2, 0.25) is 0 Å². The fourth-order valence-corrected chi connectivity index (χ4v) is 1.35. The van der Waals surface area contributed by atoms with E-state index in [0.717, 1.165) is 17.6 Å². The van der Waals surface area contributed by atoms with E-state index in [9.17, 15) is 0 Å². The Hall–Kier alpha value is -1.35. The fourth-order valence-electron chi connectivity index (χ4n) is 1.35. The third kappa shape index (κ3) is 4.94. The van der Waals surface area contributed by atoms with E-state index < -0.39 is 0 Å². The summed E-state index contributed by atoms with van der Waals surface area (Å²) in [7, 11) is 0. The van der Waals surface area contributed by atoms with Crippen molar-refractivity contribution in [2.45, 2.75) is 34.1 Å². The molecule has 3 heteroatoms. The zero-order valence-corrected chi connectivity index (χ0v) is 10.6. The van der Waals surface area contributed by atoms with Crippen molar-refractivity contribution in [1.82, 2.24) is 5.48 Å². The Labute approximate surface area is 98.0 Å². The van der Waals surface area contributed by atoms with E-state index in [4.69, 9.17) is 10.6 Å². The highest BCUT2D eigenvalue weighted by molar-refractivity contribution is 5.97. The summed E-state index contributed by atoms with van der Waals surface area (Å²) in [6, 6.07) is 0. The highest BCUT2D eigenvalue weighted by Gasteiger charge is 2.04. The molecule has 0 spiro atoms. The summed E-state index contributed by atoms with van der Waals surface area (Å²) in [5, 5.41) is 16.1. The molecule has 0 heterocycles. The second kappa shape index (κ2) is 7.01. The molecule has 0 bridgehead atoms. The van der Waals surface area contributed by atoms with Crippen molar-refractivity contribution in [3.05, 3.63) is 35.5 Å². The lowest BCUT2D eigenvalue weighted by atomic mass is 9.97. The predicted molar refractivity (Wildman–Crippen MR) is 68.8 cm³/mol. The second-order valence-electron chi connectivity index (χ2n) is 4.26. The molecule has 0 aliphatic rings. The largest absolute Gasteiger partial charge is 0.290 e. The average Bonchev–Trinajstić information content (AvgIpc) is 2.23. The standard InChI is InChI=1S/C13H22N2O/c1-6-12(13(14)15-16)8-11(5)10(4)7-9(2)3/h6,8-9,16H,4,7H2,1-3,5H3,(H2,14,15)/b11-8-,12-6+. The molecule has 0 aliphatic carbocycles. The first kappa shape index (κ1) is 14.6. The minimum atomic E-state index is -0.000744. The Morgan fingerprint density at radius 3 is 2.44 bits per heavy atom. The van der Waals surface area contributed by atoms with Crippen molar-refractivity contribution in [2.24, 2.45) is 5.92 Å². The summed E-state index contributed by atoms with van der Waals surface area (Å²) < 4.78 is 0. The van der Waals surface area contributed by atoms with Gasteiger partial charge in [0.1, 0.15) is 5.84 Å². The van der Waals surface area contributed by atoms with Gasteiger partial charge >= 0.3 is 0 Å². The first-order chi connectivity index (χ1) is 7.42. The van der Waals surface area contributed by atoms with Crippen molar-refractivity contribution < 1.29 is 5.21 Å². The molecule has 0 amide bonds. The van der Waals surface area contributed by atoms with Crippen LogP contribution in [0.5, 0.6) is 0 Å². The third-order valence-electron chi connectivity index (χ3n) is 2.30. The lowest BCUT2D eigenvalue weighted by Gasteiger charge is -2.10. The monoisotopic (exact) mass is 222 g/mol. The highest BCUT2D eigenvalue weighted by atomic mass is 16.5. The van der Waals surface area contributed by atoms with Gasteiger partial charge in [-0.05, 0) is 37.8 Å². The minimum Gasteiger partial charge on any atom is -0.290 e. The molecule has 0 saturated carbocycles. The summed E-state index contributed by atoms with van der Waals surface area (Å²) in [4.78, 5) is 0. The SMILES string of the molecule is C=C(CC(C)C)/C(C)=C\C(=C/C)C(=N)NO. The van der Waals surface area contributed by atoms with E-state index in [-0.39, 0.29) is 5.84 Å². The van der Waals surface area contributed by atoms with Gasteiger partial charge in [-0.3, -0.25) is 16.1 Å². The van der Waals surface area contributed by atoms with Gasteiger partial charge in [0.05, 0.1) is 0 Å². The normalized spacial score (nSPS) is 12.9. The molecule has 0 rings (SSSR count). The number of hydrogen-bond acceptors (Lipinski definition) is 2.